The van der Waals surface area contributed by atoms with Gasteiger partial charge in [-0.3, -0.25) is 9.59 Å². The predicted octanol–water partition coefficient (Wildman–Crippen LogP) is 3.09. The smallest absolute Gasteiger partial charge is 0.236 e. The van der Waals surface area contributed by atoms with E-state index in [9.17, 15) is 9.59 Å². The topological polar surface area (TPSA) is 55.4 Å². The predicted molar refractivity (Wildman–Crippen MR) is 82.8 cm³/mol. The molecule has 1 amide bonds. The third-order valence-corrected chi connectivity index (χ3v) is 5.70. The fourth-order valence-corrected chi connectivity index (χ4v) is 3.86. The Bertz CT molecular complexity index is 629. The molecule has 0 aliphatic carbocycles. The highest BCUT2D eigenvalue weighted by atomic mass is 79.9. The summed E-state index contributed by atoms with van der Waals surface area (Å²) in [4.78, 5) is 25.2. The largest absolute Gasteiger partial charge is 0.381 e. The van der Waals surface area contributed by atoms with Gasteiger partial charge in [0.05, 0.1) is 5.02 Å². The van der Waals surface area contributed by atoms with Gasteiger partial charge < -0.3 is 10.1 Å². The van der Waals surface area contributed by atoms with Gasteiger partial charge in [0, 0.05) is 41.1 Å². The minimum Gasteiger partial charge on any atom is -0.381 e. The number of Topliss-reactive ketones (excluding diaryl/α,β-unsaturated/α-hetero) is 1. The fourth-order valence-electron chi connectivity index (χ4n) is 2.93. The molecule has 3 rings (SSSR count). The number of hydrogen-bond donors (Lipinski definition) is 1. The molecule has 0 aromatic heterocycles. The number of carbonyl (C=O) groups is 2. The third-order valence-electron chi connectivity index (χ3n) is 4.07. The summed E-state index contributed by atoms with van der Waals surface area (Å²) in [6, 6.07) is 3.32. The van der Waals surface area contributed by atoms with Crippen molar-refractivity contribution in [2.24, 2.45) is 0 Å². The van der Waals surface area contributed by atoms with Crippen molar-refractivity contribution in [1.29, 1.82) is 0 Å². The van der Waals surface area contributed by atoms with Crippen LogP contribution in [0.2, 0.25) is 10.0 Å². The highest BCUT2D eigenvalue weighted by Gasteiger charge is 2.54. The van der Waals surface area contributed by atoms with E-state index in [-0.39, 0.29) is 11.7 Å². The summed E-state index contributed by atoms with van der Waals surface area (Å²) in [5.41, 5.74) is -0.465. The molecule has 0 radical (unpaired) electrons. The lowest BCUT2D eigenvalue weighted by molar-refractivity contribution is -0.127. The van der Waals surface area contributed by atoms with Crippen LogP contribution < -0.4 is 5.32 Å². The van der Waals surface area contributed by atoms with Gasteiger partial charge in [-0.05, 0) is 28.1 Å². The first-order chi connectivity index (χ1) is 9.96. The molecular weight excluding hydrogens is 381 g/mol. The Morgan fingerprint density at radius 3 is 2.57 bits per heavy atom. The normalized spacial score (nSPS) is 24.4. The van der Waals surface area contributed by atoms with E-state index in [4.69, 9.17) is 27.9 Å². The van der Waals surface area contributed by atoms with Crippen molar-refractivity contribution in [2.75, 3.05) is 13.2 Å². The Morgan fingerprint density at radius 1 is 1.24 bits per heavy atom. The molecule has 2 saturated heterocycles. The van der Waals surface area contributed by atoms with Crippen LogP contribution in [0.25, 0.3) is 0 Å². The van der Waals surface area contributed by atoms with Gasteiger partial charge in [0.15, 0.2) is 5.78 Å². The summed E-state index contributed by atoms with van der Waals surface area (Å²) in [7, 11) is 0. The average molecular weight is 393 g/mol. The van der Waals surface area contributed by atoms with Gasteiger partial charge in [-0.1, -0.05) is 23.2 Å². The van der Waals surface area contributed by atoms with Crippen molar-refractivity contribution in [1.82, 2.24) is 5.32 Å². The quantitative estimate of drug-likeness (QED) is 0.590. The molecule has 0 bridgehead atoms. The van der Waals surface area contributed by atoms with Crippen molar-refractivity contribution in [2.45, 2.75) is 24.3 Å². The molecule has 0 saturated carbocycles. The number of amides is 1. The van der Waals surface area contributed by atoms with Crippen LogP contribution in [0.15, 0.2) is 16.6 Å². The number of nitrogens with one attached hydrogen (secondary N) is 1. The summed E-state index contributed by atoms with van der Waals surface area (Å²) >= 11 is 15.7. The summed E-state index contributed by atoms with van der Waals surface area (Å²) in [5.74, 6) is -1.47. The zero-order valence-corrected chi connectivity index (χ0v) is 14.0. The van der Waals surface area contributed by atoms with E-state index in [1.807, 2.05) is 0 Å². The number of benzene rings is 1. The lowest BCUT2D eigenvalue weighted by Gasteiger charge is -2.31. The van der Waals surface area contributed by atoms with Crippen molar-refractivity contribution in [3.05, 3.63) is 32.2 Å². The third kappa shape index (κ3) is 2.40. The van der Waals surface area contributed by atoms with E-state index < -0.39 is 11.5 Å². The van der Waals surface area contributed by atoms with Gasteiger partial charge in [-0.2, -0.15) is 0 Å². The molecule has 1 atom stereocenters. The lowest BCUT2D eigenvalue weighted by atomic mass is 9.82. The highest BCUT2D eigenvalue weighted by molar-refractivity contribution is 9.10. The molecule has 2 aliphatic rings. The maximum absolute atomic E-state index is 12.8. The van der Waals surface area contributed by atoms with Crippen LogP contribution in [0.3, 0.4) is 0 Å². The second-order valence-electron chi connectivity index (χ2n) is 5.24. The zero-order valence-electron chi connectivity index (χ0n) is 10.9. The molecule has 2 aliphatic heterocycles. The van der Waals surface area contributed by atoms with Crippen LogP contribution in [0.1, 0.15) is 24.3 Å². The molecular formula is C14H12BrCl2NO3. The summed E-state index contributed by atoms with van der Waals surface area (Å²) in [5, 5.41) is 3.47. The van der Waals surface area contributed by atoms with E-state index in [1.54, 1.807) is 12.1 Å². The standard InChI is InChI=1S/C14H12BrCl2NO3/c15-7-1-2-8(16)9(11(7)17)10-12(19)14(18-13(10)20)3-5-21-6-4-14/h1-2,10H,3-6H2,(H,18,20). The zero-order chi connectivity index (χ0) is 15.2. The first-order valence-electron chi connectivity index (χ1n) is 6.54. The number of carbonyl (C=O) groups excluding carboxylic acids is 2. The lowest BCUT2D eigenvalue weighted by Crippen LogP contribution is -2.50. The van der Waals surface area contributed by atoms with Gasteiger partial charge in [0.1, 0.15) is 11.5 Å². The molecule has 7 heteroatoms. The first kappa shape index (κ1) is 15.3. The summed E-state index contributed by atoms with van der Waals surface area (Å²) < 4.78 is 5.89. The molecule has 21 heavy (non-hydrogen) atoms. The molecule has 1 aromatic carbocycles. The number of ketones is 1. The van der Waals surface area contributed by atoms with Crippen molar-refractivity contribution in [3.8, 4) is 0 Å². The van der Waals surface area contributed by atoms with Gasteiger partial charge >= 0.3 is 0 Å². The number of halogens is 3. The van der Waals surface area contributed by atoms with Gasteiger partial charge in [-0.25, -0.2) is 0 Å². The molecule has 1 N–H and O–H groups in total. The molecule has 1 spiro atoms. The fraction of sp³-hybridized carbons (Fsp3) is 0.429. The van der Waals surface area contributed by atoms with Crippen molar-refractivity contribution in [3.63, 3.8) is 0 Å². The molecule has 4 nitrogen and oxygen atoms in total. The van der Waals surface area contributed by atoms with E-state index in [1.165, 1.54) is 0 Å². The van der Waals surface area contributed by atoms with E-state index in [0.717, 1.165) is 0 Å². The Kier molecular flexibility index (Phi) is 4.03. The van der Waals surface area contributed by atoms with Gasteiger partial charge in [0.2, 0.25) is 5.91 Å². The highest BCUT2D eigenvalue weighted by Crippen LogP contribution is 2.43. The monoisotopic (exact) mass is 391 g/mol. The van der Waals surface area contributed by atoms with Crippen LogP contribution in [0.4, 0.5) is 0 Å². The maximum atomic E-state index is 12.8. The molecule has 2 fully saturated rings. The number of rotatable bonds is 1. The SMILES string of the molecule is O=C1NC2(CCOCC2)C(=O)C1c1c(Cl)ccc(Br)c1Cl. The molecule has 1 unspecified atom stereocenters. The van der Waals surface area contributed by atoms with Crippen LogP contribution in [-0.4, -0.2) is 30.4 Å². The summed E-state index contributed by atoms with van der Waals surface area (Å²) in [6.45, 7) is 0.914. The van der Waals surface area contributed by atoms with Crippen LogP contribution in [0, 0.1) is 0 Å². The van der Waals surface area contributed by atoms with Crippen molar-refractivity contribution < 1.29 is 14.3 Å². The molecule has 1 aromatic rings. The minimum atomic E-state index is -0.958. The Morgan fingerprint density at radius 2 is 1.90 bits per heavy atom. The van der Waals surface area contributed by atoms with E-state index in [2.05, 4.69) is 21.2 Å². The minimum absolute atomic E-state index is 0.169. The Labute approximate surface area is 140 Å². The van der Waals surface area contributed by atoms with Gasteiger partial charge in [0.25, 0.3) is 0 Å². The molecule has 2 heterocycles. The molecule has 112 valence electrons. The van der Waals surface area contributed by atoms with Gasteiger partial charge in [-0.15, -0.1) is 0 Å². The Balaban J connectivity index is 2.06. The second kappa shape index (κ2) is 5.54. The van der Waals surface area contributed by atoms with Crippen molar-refractivity contribution >= 4 is 50.8 Å². The van der Waals surface area contributed by atoms with Crippen LogP contribution in [0.5, 0.6) is 0 Å². The van der Waals surface area contributed by atoms with Crippen LogP contribution in [-0.2, 0) is 14.3 Å². The maximum Gasteiger partial charge on any atom is 0.236 e. The Hall–Kier alpha value is -0.620. The summed E-state index contributed by atoms with van der Waals surface area (Å²) in [6.07, 6.45) is 0.967. The van der Waals surface area contributed by atoms with Crippen LogP contribution >= 0.6 is 39.1 Å². The second-order valence-corrected chi connectivity index (χ2v) is 6.88. The number of ether oxygens (including phenoxy) is 1. The number of hydrogen-bond acceptors (Lipinski definition) is 3. The van der Waals surface area contributed by atoms with E-state index in [0.29, 0.717) is 46.1 Å². The first-order valence-corrected chi connectivity index (χ1v) is 8.09. The average Bonchev–Trinajstić information content (AvgIpc) is 2.69. The van der Waals surface area contributed by atoms with E-state index >= 15 is 0 Å².